The van der Waals surface area contributed by atoms with Gasteiger partial charge < -0.3 is 14.8 Å². The molecule has 1 saturated carbocycles. The molecule has 0 aromatic carbocycles. The van der Waals surface area contributed by atoms with Crippen LogP contribution >= 0.6 is 0 Å². The first-order chi connectivity index (χ1) is 10.7. The Balaban J connectivity index is 1.43. The Kier molecular flexibility index (Phi) is 3.10. The number of aromatic carboxylic acids is 1. The van der Waals surface area contributed by atoms with E-state index in [1.165, 1.54) is 25.2 Å². The van der Waals surface area contributed by atoms with Gasteiger partial charge in [0.1, 0.15) is 5.82 Å². The topological polar surface area (TPSA) is 74.1 Å². The molecule has 6 heteroatoms. The third-order valence-corrected chi connectivity index (χ3v) is 4.83. The van der Waals surface area contributed by atoms with Crippen LogP contribution in [-0.4, -0.2) is 33.8 Å². The monoisotopic (exact) mass is 297 g/mol. The first-order valence-electron chi connectivity index (χ1n) is 7.63. The maximum Gasteiger partial charge on any atom is 0.128 e. The fraction of sp³-hybridized carbons (Fsp3) is 0.438. The number of hydrogen-bond donors (Lipinski definition) is 0. The predicted molar refractivity (Wildman–Crippen MR) is 78.3 cm³/mol. The number of pyridine rings is 1. The van der Waals surface area contributed by atoms with E-state index < -0.39 is 5.97 Å². The van der Waals surface area contributed by atoms with Gasteiger partial charge >= 0.3 is 0 Å². The molecule has 2 aliphatic rings. The minimum absolute atomic E-state index is 0.0946. The van der Waals surface area contributed by atoms with Gasteiger partial charge in [-0.1, -0.05) is 6.07 Å². The van der Waals surface area contributed by atoms with Crippen molar-refractivity contribution in [1.82, 2.24) is 14.8 Å². The third kappa shape index (κ3) is 2.34. The van der Waals surface area contributed by atoms with Crippen molar-refractivity contribution < 1.29 is 9.90 Å². The molecule has 2 aromatic heterocycles. The number of aromatic nitrogens is 3. The molecule has 2 unspecified atom stereocenters. The highest BCUT2D eigenvalue weighted by molar-refractivity contribution is 5.84. The lowest BCUT2D eigenvalue weighted by Crippen LogP contribution is -2.22. The van der Waals surface area contributed by atoms with Gasteiger partial charge in [-0.3, -0.25) is 4.68 Å². The highest BCUT2D eigenvalue weighted by Gasteiger charge is 2.39. The number of carboxylic acid groups (broad SMARTS) is 1. The van der Waals surface area contributed by atoms with Gasteiger partial charge in [-0.2, -0.15) is 5.10 Å². The summed E-state index contributed by atoms with van der Waals surface area (Å²) in [7, 11) is 0. The minimum atomic E-state index is -1.21. The molecule has 2 fully saturated rings. The van der Waals surface area contributed by atoms with Crippen LogP contribution in [0.25, 0.3) is 0 Å². The molecule has 0 bridgehead atoms. The second kappa shape index (κ2) is 5.12. The first kappa shape index (κ1) is 13.3. The van der Waals surface area contributed by atoms with E-state index >= 15 is 0 Å². The van der Waals surface area contributed by atoms with Gasteiger partial charge in [-0.05, 0) is 36.3 Å². The van der Waals surface area contributed by atoms with Gasteiger partial charge in [0.2, 0.25) is 0 Å². The molecule has 2 atom stereocenters. The predicted octanol–water partition coefficient (Wildman–Crippen LogP) is 0.536. The van der Waals surface area contributed by atoms with Gasteiger partial charge in [0, 0.05) is 31.0 Å². The number of fused-ring (bicyclic) bond motifs is 1. The highest BCUT2D eigenvalue weighted by Crippen LogP contribution is 2.41. The van der Waals surface area contributed by atoms with Crippen molar-refractivity contribution in [2.75, 3.05) is 18.0 Å². The van der Waals surface area contributed by atoms with E-state index in [4.69, 9.17) is 0 Å². The Hall–Kier alpha value is -2.37. The first-order valence-corrected chi connectivity index (χ1v) is 7.63. The van der Waals surface area contributed by atoms with E-state index in [-0.39, 0.29) is 5.56 Å². The van der Waals surface area contributed by atoms with Crippen LogP contribution in [0, 0.1) is 11.8 Å². The number of nitrogens with zero attached hydrogens (tertiary/aromatic N) is 4. The van der Waals surface area contributed by atoms with Crippen LogP contribution in [0.15, 0.2) is 30.7 Å². The van der Waals surface area contributed by atoms with Crippen LogP contribution in [0.3, 0.4) is 0 Å². The zero-order valence-electron chi connectivity index (χ0n) is 12.2. The molecule has 1 aliphatic carbocycles. The molecule has 0 N–H and O–H groups in total. The number of rotatable bonds is 4. The molecule has 0 radical (unpaired) electrons. The zero-order chi connectivity index (χ0) is 15.1. The highest BCUT2D eigenvalue weighted by atomic mass is 16.4. The van der Waals surface area contributed by atoms with Crippen LogP contribution in [-0.2, 0) is 6.54 Å². The van der Waals surface area contributed by atoms with Crippen LogP contribution < -0.4 is 10.0 Å². The summed E-state index contributed by atoms with van der Waals surface area (Å²) in [5.41, 5.74) is 1.09. The molecular formula is C16H17N4O2-. The fourth-order valence-electron chi connectivity index (χ4n) is 3.39. The summed E-state index contributed by atoms with van der Waals surface area (Å²) in [6.07, 6.45) is 7.34. The molecule has 6 nitrogen and oxygen atoms in total. The van der Waals surface area contributed by atoms with Crippen molar-refractivity contribution in [1.29, 1.82) is 0 Å². The number of carbonyl (C=O) groups is 1. The van der Waals surface area contributed by atoms with Crippen LogP contribution in [0.1, 0.15) is 28.8 Å². The van der Waals surface area contributed by atoms with Gasteiger partial charge in [0.25, 0.3) is 0 Å². The summed E-state index contributed by atoms with van der Waals surface area (Å²) in [6.45, 7) is 2.77. The fourth-order valence-corrected chi connectivity index (χ4v) is 3.39. The molecule has 4 rings (SSSR count). The summed E-state index contributed by atoms with van der Waals surface area (Å²) in [6, 6.07) is 4.08. The molecule has 1 saturated heterocycles. The van der Waals surface area contributed by atoms with Crippen LogP contribution in [0.5, 0.6) is 0 Å². The Labute approximate surface area is 128 Å². The second-order valence-corrected chi connectivity index (χ2v) is 6.24. The maximum absolute atomic E-state index is 10.7. The van der Waals surface area contributed by atoms with Crippen molar-refractivity contribution in [2.45, 2.75) is 19.4 Å². The summed E-state index contributed by atoms with van der Waals surface area (Å²) >= 11 is 0. The van der Waals surface area contributed by atoms with E-state index in [1.54, 1.807) is 4.68 Å². The number of anilines is 1. The van der Waals surface area contributed by atoms with Crippen molar-refractivity contribution in [3.63, 3.8) is 0 Å². The lowest BCUT2D eigenvalue weighted by Gasteiger charge is -2.27. The average molecular weight is 297 g/mol. The van der Waals surface area contributed by atoms with E-state index in [1.807, 2.05) is 18.3 Å². The van der Waals surface area contributed by atoms with E-state index in [2.05, 4.69) is 15.0 Å². The van der Waals surface area contributed by atoms with Crippen molar-refractivity contribution in [2.24, 2.45) is 11.8 Å². The molecular weight excluding hydrogens is 280 g/mol. The average Bonchev–Trinajstić information content (AvgIpc) is 3.06. The molecule has 0 spiro atoms. The second-order valence-electron chi connectivity index (χ2n) is 6.24. The lowest BCUT2D eigenvalue weighted by molar-refractivity contribution is -0.255. The summed E-state index contributed by atoms with van der Waals surface area (Å²) in [4.78, 5) is 17.7. The van der Waals surface area contributed by atoms with Crippen LogP contribution in [0.4, 0.5) is 5.82 Å². The van der Waals surface area contributed by atoms with E-state index in [0.717, 1.165) is 36.3 Å². The SMILES string of the molecule is O=C([O-])c1cnn(Cc2ccc(N3CC4CCC4C3)nc2)c1. The summed E-state index contributed by atoms with van der Waals surface area (Å²) in [5, 5.41) is 14.8. The molecule has 2 aromatic rings. The third-order valence-electron chi connectivity index (χ3n) is 4.83. The van der Waals surface area contributed by atoms with Gasteiger partial charge in [0.05, 0.1) is 18.7 Å². The maximum atomic E-state index is 10.7. The summed E-state index contributed by atoms with van der Waals surface area (Å²) < 4.78 is 1.58. The van der Waals surface area contributed by atoms with Gasteiger partial charge in [-0.15, -0.1) is 0 Å². The number of hydrogen-bond acceptors (Lipinski definition) is 5. The van der Waals surface area contributed by atoms with E-state index in [9.17, 15) is 9.90 Å². The Morgan fingerprint density at radius 1 is 1.23 bits per heavy atom. The van der Waals surface area contributed by atoms with Gasteiger partial charge in [0.15, 0.2) is 0 Å². The number of carboxylic acids is 1. The van der Waals surface area contributed by atoms with Crippen molar-refractivity contribution >= 4 is 11.8 Å². The Bertz CT molecular complexity index is 682. The zero-order valence-corrected chi connectivity index (χ0v) is 12.2. The largest absolute Gasteiger partial charge is 0.545 e. The summed E-state index contributed by atoms with van der Waals surface area (Å²) in [5.74, 6) is 1.57. The minimum Gasteiger partial charge on any atom is -0.545 e. The Morgan fingerprint density at radius 2 is 2.00 bits per heavy atom. The quantitative estimate of drug-likeness (QED) is 0.823. The normalized spacial score (nSPS) is 23.2. The molecule has 3 heterocycles. The van der Waals surface area contributed by atoms with Crippen LogP contribution in [0.2, 0.25) is 0 Å². The molecule has 114 valence electrons. The smallest absolute Gasteiger partial charge is 0.128 e. The Morgan fingerprint density at radius 3 is 2.55 bits per heavy atom. The molecule has 22 heavy (non-hydrogen) atoms. The van der Waals surface area contributed by atoms with Gasteiger partial charge in [-0.25, -0.2) is 4.98 Å². The van der Waals surface area contributed by atoms with Crippen molar-refractivity contribution in [3.05, 3.63) is 41.9 Å². The van der Waals surface area contributed by atoms with E-state index in [0.29, 0.717) is 6.54 Å². The molecule has 0 amide bonds. The number of carbonyl (C=O) groups excluding carboxylic acids is 1. The lowest BCUT2D eigenvalue weighted by atomic mass is 9.77. The standard InChI is InChI=1S/C16H18N4O2/c21-16(22)14-6-18-20(10-14)7-11-1-4-15(17-5-11)19-8-12-2-3-13(12)9-19/h1,4-6,10,12-13H,2-3,7-9H2,(H,21,22)/p-1. The molecule has 1 aliphatic heterocycles. The van der Waals surface area contributed by atoms with Crippen molar-refractivity contribution in [3.8, 4) is 0 Å².